The zero-order chi connectivity index (χ0) is 8.27. The average molecular weight is 264 g/mol. The standard InChI is InChI=1S/C9H10FI/c1-2-8-7(6-11)4-3-5-9(8)10/h3-5H,2,6H2,1H3. The second-order valence-electron chi connectivity index (χ2n) is 2.36. The maximum absolute atomic E-state index is 13.0. The molecule has 0 fully saturated rings. The van der Waals surface area contributed by atoms with Crippen molar-refractivity contribution in [3.8, 4) is 0 Å². The summed E-state index contributed by atoms with van der Waals surface area (Å²) in [6.07, 6.45) is 0.783. The van der Waals surface area contributed by atoms with Crippen molar-refractivity contribution >= 4 is 22.6 Å². The highest BCUT2D eigenvalue weighted by Gasteiger charge is 2.03. The summed E-state index contributed by atoms with van der Waals surface area (Å²) in [7, 11) is 0. The largest absolute Gasteiger partial charge is 0.207 e. The first kappa shape index (κ1) is 8.97. The van der Waals surface area contributed by atoms with Gasteiger partial charge in [-0.25, -0.2) is 4.39 Å². The lowest BCUT2D eigenvalue weighted by atomic mass is 10.1. The fourth-order valence-corrected chi connectivity index (χ4v) is 1.84. The minimum absolute atomic E-state index is 0.0679. The van der Waals surface area contributed by atoms with Crippen LogP contribution in [-0.2, 0) is 10.8 Å². The fraction of sp³-hybridized carbons (Fsp3) is 0.333. The van der Waals surface area contributed by atoms with Gasteiger partial charge in [0.1, 0.15) is 5.82 Å². The summed E-state index contributed by atoms with van der Waals surface area (Å²) in [4.78, 5) is 0. The smallest absolute Gasteiger partial charge is 0.126 e. The van der Waals surface area contributed by atoms with Crippen LogP contribution in [0.4, 0.5) is 4.39 Å². The molecule has 60 valence electrons. The third kappa shape index (κ3) is 1.92. The van der Waals surface area contributed by atoms with E-state index in [1.54, 1.807) is 6.07 Å². The third-order valence-electron chi connectivity index (χ3n) is 1.71. The molecule has 0 unspecified atom stereocenters. The van der Waals surface area contributed by atoms with Crippen LogP contribution in [0, 0.1) is 5.82 Å². The van der Waals surface area contributed by atoms with Crippen molar-refractivity contribution in [2.75, 3.05) is 0 Å². The monoisotopic (exact) mass is 264 g/mol. The van der Waals surface area contributed by atoms with E-state index >= 15 is 0 Å². The Morgan fingerprint density at radius 2 is 2.18 bits per heavy atom. The Balaban J connectivity index is 3.13. The topological polar surface area (TPSA) is 0 Å². The predicted molar refractivity (Wildman–Crippen MR) is 53.5 cm³/mol. The zero-order valence-electron chi connectivity index (χ0n) is 6.40. The van der Waals surface area contributed by atoms with E-state index in [1.165, 1.54) is 6.07 Å². The Morgan fingerprint density at radius 1 is 1.45 bits per heavy atom. The Morgan fingerprint density at radius 3 is 2.64 bits per heavy atom. The lowest BCUT2D eigenvalue weighted by molar-refractivity contribution is 0.610. The van der Waals surface area contributed by atoms with Crippen LogP contribution in [0.2, 0.25) is 0 Å². The molecule has 0 N–H and O–H groups in total. The van der Waals surface area contributed by atoms with Crippen LogP contribution in [0.5, 0.6) is 0 Å². The highest BCUT2D eigenvalue weighted by Crippen LogP contribution is 2.16. The summed E-state index contributed by atoms with van der Waals surface area (Å²) in [5.74, 6) is -0.0679. The van der Waals surface area contributed by atoms with Gasteiger partial charge in [-0.3, -0.25) is 0 Å². The summed E-state index contributed by atoms with van der Waals surface area (Å²) >= 11 is 2.25. The van der Waals surface area contributed by atoms with Crippen molar-refractivity contribution in [2.24, 2.45) is 0 Å². The van der Waals surface area contributed by atoms with E-state index in [9.17, 15) is 4.39 Å². The molecular formula is C9H10FI. The van der Waals surface area contributed by atoms with Gasteiger partial charge in [0.15, 0.2) is 0 Å². The Kier molecular flexibility index (Phi) is 3.30. The van der Waals surface area contributed by atoms with Gasteiger partial charge >= 0.3 is 0 Å². The Hall–Kier alpha value is -0.120. The highest BCUT2D eigenvalue weighted by atomic mass is 127. The lowest BCUT2D eigenvalue weighted by Gasteiger charge is -2.04. The number of benzene rings is 1. The van der Waals surface area contributed by atoms with Crippen LogP contribution in [-0.4, -0.2) is 0 Å². The van der Waals surface area contributed by atoms with Crippen LogP contribution in [0.15, 0.2) is 18.2 Å². The molecule has 0 nitrogen and oxygen atoms in total. The van der Waals surface area contributed by atoms with Gasteiger partial charge in [-0.05, 0) is 23.6 Å². The molecule has 0 amide bonds. The number of hydrogen-bond acceptors (Lipinski definition) is 0. The van der Waals surface area contributed by atoms with E-state index < -0.39 is 0 Å². The molecule has 0 saturated carbocycles. The molecule has 0 heterocycles. The van der Waals surface area contributed by atoms with E-state index in [0.717, 1.165) is 22.0 Å². The normalized spacial score (nSPS) is 10.1. The van der Waals surface area contributed by atoms with Crippen LogP contribution >= 0.6 is 22.6 Å². The average Bonchev–Trinajstić information content (AvgIpc) is 2.04. The number of halogens is 2. The van der Waals surface area contributed by atoms with Crippen LogP contribution in [0.3, 0.4) is 0 Å². The van der Waals surface area contributed by atoms with Gasteiger partial charge in [-0.1, -0.05) is 41.6 Å². The molecule has 0 bridgehead atoms. The molecule has 0 aliphatic heterocycles. The van der Waals surface area contributed by atoms with E-state index in [-0.39, 0.29) is 5.82 Å². The summed E-state index contributed by atoms with van der Waals surface area (Å²) < 4.78 is 13.9. The van der Waals surface area contributed by atoms with Crippen molar-refractivity contribution in [3.63, 3.8) is 0 Å². The quantitative estimate of drug-likeness (QED) is 0.567. The molecule has 2 heteroatoms. The number of rotatable bonds is 2. The minimum atomic E-state index is -0.0679. The molecular weight excluding hydrogens is 254 g/mol. The highest BCUT2D eigenvalue weighted by molar-refractivity contribution is 14.1. The van der Waals surface area contributed by atoms with E-state index in [2.05, 4.69) is 22.6 Å². The first-order valence-electron chi connectivity index (χ1n) is 3.61. The molecule has 1 aromatic carbocycles. The third-order valence-corrected chi connectivity index (χ3v) is 2.54. The lowest BCUT2D eigenvalue weighted by Crippen LogP contribution is -1.93. The molecule has 0 spiro atoms. The maximum Gasteiger partial charge on any atom is 0.126 e. The van der Waals surface area contributed by atoms with Crippen molar-refractivity contribution in [1.82, 2.24) is 0 Å². The Labute approximate surface area is 80.0 Å². The molecule has 0 atom stereocenters. The first-order chi connectivity index (χ1) is 5.29. The van der Waals surface area contributed by atoms with Gasteiger partial charge in [0, 0.05) is 4.43 Å². The second-order valence-corrected chi connectivity index (χ2v) is 3.13. The molecule has 0 aliphatic rings. The van der Waals surface area contributed by atoms with Crippen LogP contribution < -0.4 is 0 Å². The van der Waals surface area contributed by atoms with Crippen molar-refractivity contribution in [2.45, 2.75) is 17.8 Å². The summed E-state index contributed by atoms with van der Waals surface area (Å²) in [5.41, 5.74) is 1.98. The molecule has 0 radical (unpaired) electrons. The molecule has 0 aliphatic carbocycles. The summed E-state index contributed by atoms with van der Waals surface area (Å²) in [5, 5.41) is 0. The Bertz CT molecular complexity index is 245. The fourth-order valence-electron chi connectivity index (χ4n) is 1.12. The van der Waals surface area contributed by atoms with Crippen molar-refractivity contribution < 1.29 is 4.39 Å². The molecule has 0 saturated heterocycles. The summed E-state index contributed by atoms with van der Waals surface area (Å²) in [6.45, 7) is 1.98. The van der Waals surface area contributed by atoms with Gasteiger partial charge < -0.3 is 0 Å². The van der Waals surface area contributed by atoms with Gasteiger partial charge in [-0.2, -0.15) is 0 Å². The minimum Gasteiger partial charge on any atom is -0.207 e. The SMILES string of the molecule is CCc1c(F)cccc1CI. The van der Waals surface area contributed by atoms with E-state index in [1.807, 2.05) is 13.0 Å². The van der Waals surface area contributed by atoms with Gasteiger partial charge in [-0.15, -0.1) is 0 Å². The van der Waals surface area contributed by atoms with Gasteiger partial charge in [0.25, 0.3) is 0 Å². The molecule has 0 aromatic heterocycles. The van der Waals surface area contributed by atoms with Crippen LogP contribution in [0.1, 0.15) is 18.1 Å². The van der Waals surface area contributed by atoms with Gasteiger partial charge in [0.05, 0.1) is 0 Å². The van der Waals surface area contributed by atoms with Gasteiger partial charge in [0.2, 0.25) is 0 Å². The first-order valence-corrected chi connectivity index (χ1v) is 5.14. The van der Waals surface area contributed by atoms with Crippen molar-refractivity contribution in [1.29, 1.82) is 0 Å². The number of hydrogen-bond donors (Lipinski definition) is 0. The molecule has 11 heavy (non-hydrogen) atoms. The second kappa shape index (κ2) is 4.04. The zero-order valence-corrected chi connectivity index (χ0v) is 8.56. The predicted octanol–water partition coefficient (Wildman–Crippen LogP) is 3.32. The number of alkyl halides is 1. The van der Waals surface area contributed by atoms with Crippen LogP contribution in [0.25, 0.3) is 0 Å². The maximum atomic E-state index is 13.0. The van der Waals surface area contributed by atoms with E-state index in [0.29, 0.717) is 0 Å². The molecule has 1 aromatic rings. The summed E-state index contributed by atoms with van der Waals surface area (Å²) in [6, 6.07) is 5.27. The molecule has 1 rings (SSSR count). The van der Waals surface area contributed by atoms with Crippen molar-refractivity contribution in [3.05, 3.63) is 35.1 Å². The van der Waals surface area contributed by atoms with E-state index in [4.69, 9.17) is 0 Å².